The predicted octanol–water partition coefficient (Wildman–Crippen LogP) is 11.4. The molecule has 5 heteroatoms. The van der Waals surface area contributed by atoms with Gasteiger partial charge < -0.3 is 8.98 Å². The molecule has 0 saturated heterocycles. The fraction of sp³-hybridized carbons (Fsp3) is 0. The summed E-state index contributed by atoms with van der Waals surface area (Å²) in [5.41, 5.74) is 10.9. The van der Waals surface area contributed by atoms with Gasteiger partial charge in [-0.05, 0) is 54.6 Å². The molecule has 11 aromatic rings. The van der Waals surface area contributed by atoms with Crippen LogP contribution in [0.2, 0.25) is 0 Å². The Bertz CT molecular complexity index is 3110. The van der Waals surface area contributed by atoms with Crippen LogP contribution < -0.4 is 0 Å². The van der Waals surface area contributed by atoms with Gasteiger partial charge in [-0.15, -0.1) is 0 Å². The number of rotatable bonds is 3. The molecule has 11 rings (SSSR count). The van der Waals surface area contributed by atoms with Crippen LogP contribution >= 0.6 is 0 Å². The summed E-state index contributed by atoms with van der Waals surface area (Å²) in [6, 6.07) is 55.3. The van der Waals surface area contributed by atoms with E-state index in [0.717, 1.165) is 88.6 Å². The zero-order valence-corrected chi connectivity index (χ0v) is 26.2. The summed E-state index contributed by atoms with van der Waals surface area (Å²) in [5.74, 6) is 0.814. The van der Waals surface area contributed by atoms with Crippen LogP contribution in [0.4, 0.5) is 0 Å². The minimum atomic E-state index is 0.814. The zero-order chi connectivity index (χ0) is 32.1. The van der Waals surface area contributed by atoms with Crippen LogP contribution in [0, 0.1) is 0 Å². The van der Waals surface area contributed by atoms with Gasteiger partial charge in [0.05, 0.1) is 33.1 Å². The fourth-order valence-electron chi connectivity index (χ4n) is 7.73. The van der Waals surface area contributed by atoms with E-state index in [1.165, 1.54) is 10.8 Å². The van der Waals surface area contributed by atoms with Gasteiger partial charge in [-0.1, -0.05) is 97.1 Å². The third kappa shape index (κ3) is 3.75. The highest BCUT2D eigenvalue weighted by molar-refractivity contribution is 6.19. The number of nitrogens with zero attached hydrogens (tertiary/aromatic N) is 4. The molecule has 0 aliphatic heterocycles. The predicted molar refractivity (Wildman–Crippen MR) is 201 cm³/mol. The van der Waals surface area contributed by atoms with Crippen LogP contribution in [0.3, 0.4) is 0 Å². The molecule has 0 bridgehead atoms. The Morgan fingerprint density at radius 1 is 0.388 bits per heavy atom. The Balaban J connectivity index is 1.25. The molecule has 4 aromatic heterocycles. The van der Waals surface area contributed by atoms with E-state index in [1.807, 2.05) is 42.5 Å². The molecule has 0 amide bonds. The molecular weight excluding hydrogens is 601 g/mol. The molecule has 0 fully saturated rings. The normalized spacial score (nSPS) is 12.1. The maximum atomic E-state index is 6.34. The molecule has 4 heterocycles. The Kier molecular flexibility index (Phi) is 5.32. The summed E-state index contributed by atoms with van der Waals surface area (Å²) in [7, 11) is 0. The van der Waals surface area contributed by atoms with Gasteiger partial charge in [0.2, 0.25) is 0 Å². The van der Waals surface area contributed by atoms with E-state index < -0.39 is 0 Å². The first-order valence-corrected chi connectivity index (χ1v) is 16.5. The van der Waals surface area contributed by atoms with Crippen LogP contribution in [0.1, 0.15) is 0 Å². The molecule has 0 saturated carbocycles. The topological polar surface area (TPSA) is 48.8 Å². The van der Waals surface area contributed by atoms with Gasteiger partial charge in [-0.2, -0.15) is 0 Å². The van der Waals surface area contributed by atoms with Crippen LogP contribution in [0.25, 0.3) is 99.3 Å². The summed E-state index contributed by atoms with van der Waals surface area (Å²) in [4.78, 5) is 10.5. The van der Waals surface area contributed by atoms with Gasteiger partial charge in [-0.25, -0.2) is 9.97 Å². The lowest BCUT2D eigenvalue weighted by Gasteiger charge is -2.14. The van der Waals surface area contributed by atoms with Crippen LogP contribution in [0.5, 0.6) is 0 Å². The first kappa shape index (κ1) is 26.4. The highest BCUT2D eigenvalue weighted by Gasteiger charge is 2.22. The first-order valence-electron chi connectivity index (χ1n) is 16.5. The average molecular weight is 627 g/mol. The summed E-state index contributed by atoms with van der Waals surface area (Å²) < 4.78 is 11.0. The van der Waals surface area contributed by atoms with E-state index in [1.54, 1.807) is 0 Å². The lowest BCUT2D eigenvalue weighted by molar-refractivity contribution is 0.668. The molecular formula is C44H26N4O. The van der Waals surface area contributed by atoms with Gasteiger partial charge in [0.15, 0.2) is 5.82 Å². The van der Waals surface area contributed by atoms with E-state index in [9.17, 15) is 0 Å². The zero-order valence-electron chi connectivity index (χ0n) is 26.2. The van der Waals surface area contributed by atoms with Crippen molar-refractivity contribution in [2.45, 2.75) is 0 Å². The molecule has 0 radical (unpaired) electrons. The van der Waals surface area contributed by atoms with Crippen molar-refractivity contribution < 1.29 is 4.42 Å². The summed E-state index contributed by atoms with van der Waals surface area (Å²) in [5, 5.41) is 6.94. The maximum Gasteiger partial charge on any atom is 0.165 e. The van der Waals surface area contributed by atoms with E-state index in [0.29, 0.717) is 0 Å². The first-order chi connectivity index (χ1) is 24.3. The second-order valence-electron chi connectivity index (χ2n) is 12.6. The Morgan fingerprint density at radius 2 is 0.959 bits per heavy atom. The van der Waals surface area contributed by atoms with Gasteiger partial charge >= 0.3 is 0 Å². The Hall–Kier alpha value is -6.72. The van der Waals surface area contributed by atoms with Crippen LogP contribution in [0.15, 0.2) is 162 Å². The van der Waals surface area contributed by atoms with Crippen molar-refractivity contribution in [3.05, 3.63) is 158 Å². The molecule has 7 aromatic carbocycles. The molecule has 0 N–H and O–H groups in total. The third-order valence-corrected chi connectivity index (χ3v) is 9.90. The molecule has 49 heavy (non-hydrogen) atoms. The second kappa shape index (κ2) is 9.89. The third-order valence-electron chi connectivity index (χ3n) is 9.90. The van der Waals surface area contributed by atoms with E-state index in [4.69, 9.17) is 14.4 Å². The smallest absolute Gasteiger partial charge is 0.165 e. The standard InChI is InChI=1S/C44H26N4O/c1-2-12-27(13-3-1)43-44(46-36-18-8-7-17-35(36)45-43)48-38-20-10-5-15-30(38)34-25-39-33(26-40(34)48)29-14-4-9-19-37(29)47(39)28-22-23-32-31-16-6-11-21-41(31)49-42(32)24-28/h1-26H. The second-order valence-corrected chi connectivity index (χ2v) is 12.6. The Labute approximate surface area is 279 Å². The number of benzene rings is 7. The summed E-state index contributed by atoms with van der Waals surface area (Å²) >= 11 is 0. The molecule has 0 aliphatic carbocycles. The van der Waals surface area contributed by atoms with Crippen molar-refractivity contribution in [1.29, 1.82) is 0 Å². The van der Waals surface area contributed by atoms with Crippen LogP contribution in [-0.4, -0.2) is 19.1 Å². The molecule has 0 aliphatic rings. The molecule has 228 valence electrons. The summed E-state index contributed by atoms with van der Waals surface area (Å²) in [6.07, 6.45) is 0. The average Bonchev–Trinajstić information content (AvgIpc) is 3.80. The van der Waals surface area contributed by atoms with E-state index in [2.05, 4.69) is 124 Å². The van der Waals surface area contributed by atoms with E-state index >= 15 is 0 Å². The highest BCUT2D eigenvalue weighted by atomic mass is 16.3. The molecule has 0 atom stereocenters. The highest BCUT2D eigenvalue weighted by Crippen LogP contribution is 2.41. The number of furan rings is 1. The van der Waals surface area contributed by atoms with Crippen molar-refractivity contribution >= 4 is 76.6 Å². The van der Waals surface area contributed by atoms with Crippen LogP contribution in [-0.2, 0) is 0 Å². The number of hydrogen-bond acceptors (Lipinski definition) is 3. The van der Waals surface area contributed by atoms with Gasteiger partial charge in [-0.3, -0.25) is 4.57 Å². The van der Waals surface area contributed by atoms with Crippen molar-refractivity contribution in [2.24, 2.45) is 0 Å². The number of para-hydroxylation sites is 5. The lowest BCUT2D eigenvalue weighted by atomic mass is 10.1. The van der Waals surface area contributed by atoms with Gasteiger partial charge in [0, 0.05) is 49.6 Å². The maximum absolute atomic E-state index is 6.34. The monoisotopic (exact) mass is 626 g/mol. The van der Waals surface area contributed by atoms with Gasteiger partial charge in [0.25, 0.3) is 0 Å². The van der Waals surface area contributed by atoms with Crippen molar-refractivity contribution in [3.8, 4) is 22.8 Å². The van der Waals surface area contributed by atoms with Gasteiger partial charge in [0.1, 0.15) is 16.9 Å². The SMILES string of the molecule is c1ccc(-c2nc3ccccc3nc2-n2c3ccccc3c3cc4c(cc32)c2ccccc2n4-c2ccc3c(c2)oc2ccccc23)cc1. The molecule has 5 nitrogen and oxygen atoms in total. The lowest BCUT2D eigenvalue weighted by Crippen LogP contribution is -2.03. The number of hydrogen-bond donors (Lipinski definition) is 0. The van der Waals surface area contributed by atoms with Crippen molar-refractivity contribution in [3.63, 3.8) is 0 Å². The summed E-state index contributed by atoms with van der Waals surface area (Å²) in [6.45, 7) is 0. The number of aromatic nitrogens is 4. The molecule has 0 spiro atoms. The largest absolute Gasteiger partial charge is 0.456 e. The van der Waals surface area contributed by atoms with Crippen molar-refractivity contribution in [1.82, 2.24) is 19.1 Å². The Morgan fingerprint density at radius 3 is 1.71 bits per heavy atom. The molecule has 0 unspecified atom stereocenters. The number of fused-ring (bicyclic) bond motifs is 10. The minimum absolute atomic E-state index is 0.814. The fourth-order valence-corrected chi connectivity index (χ4v) is 7.73. The minimum Gasteiger partial charge on any atom is -0.456 e. The quantitative estimate of drug-likeness (QED) is 0.196. The van der Waals surface area contributed by atoms with Crippen molar-refractivity contribution in [2.75, 3.05) is 0 Å². The van der Waals surface area contributed by atoms with E-state index in [-0.39, 0.29) is 0 Å².